The fourth-order valence-corrected chi connectivity index (χ4v) is 3.30. The first-order valence-electron chi connectivity index (χ1n) is 7.38. The SMILES string of the molecule is CC1CC(C)(CNC(=O)c2ccc(C(C)C)c(F)c2)C1. The van der Waals surface area contributed by atoms with Gasteiger partial charge in [-0.15, -0.1) is 0 Å². The lowest BCUT2D eigenvalue weighted by molar-refractivity contribution is 0.0734. The van der Waals surface area contributed by atoms with Gasteiger partial charge in [0.1, 0.15) is 5.82 Å². The molecule has 0 radical (unpaired) electrons. The number of carbonyl (C=O) groups is 1. The van der Waals surface area contributed by atoms with E-state index in [-0.39, 0.29) is 23.1 Å². The summed E-state index contributed by atoms with van der Waals surface area (Å²) in [6.07, 6.45) is 2.29. The highest BCUT2D eigenvalue weighted by molar-refractivity contribution is 5.94. The topological polar surface area (TPSA) is 29.1 Å². The molecule has 0 saturated heterocycles. The van der Waals surface area contributed by atoms with Gasteiger partial charge in [-0.05, 0) is 47.8 Å². The number of rotatable bonds is 4. The summed E-state index contributed by atoms with van der Waals surface area (Å²) in [4.78, 5) is 12.1. The van der Waals surface area contributed by atoms with Gasteiger partial charge in [0, 0.05) is 12.1 Å². The number of benzene rings is 1. The second-order valence-corrected chi connectivity index (χ2v) is 6.90. The van der Waals surface area contributed by atoms with Crippen molar-refractivity contribution in [1.29, 1.82) is 0 Å². The molecular weight excluding hydrogens is 253 g/mol. The van der Waals surface area contributed by atoms with Crippen LogP contribution in [0, 0.1) is 17.2 Å². The van der Waals surface area contributed by atoms with Gasteiger partial charge in [-0.2, -0.15) is 0 Å². The van der Waals surface area contributed by atoms with E-state index in [1.54, 1.807) is 12.1 Å². The molecule has 1 fully saturated rings. The van der Waals surface area contributed by atoms with E-state index in [9.17, 15) is 9.18 Å². The third kappa shape index (κ3) is 3.20. The zero-order valence-corrected chi connectivity index (χ0v) is 12.8. The zero-order chi connectivity index (χ0) is 14.9. The van der Waals surface area contributed by atoms with E-state index in [1.165, 1.54) is 6.07 Å². The lowest BCUT2D eigenvalue weighted by atomic mass is 9.64. The Kier molecular flexibility index (Phi) is 4.17. The van der Waals surface area contributed by atoms with Crippen molar-refractivity contribution in [3.8, 4) is 0 Å². The lowest BCUT2D eigenvalue weighted by Gasteiger charge is -2.43. The Morgan fingerprint density at radius 2 is 2.10 bits per heavy atom. The monoisotopic (exact) mass is 277 g/mol. The van der Waals surface area contributed by atoms with Crippen molar-refractivity contribution in [2.24, 2.45) is 11.3 Å². The van der Waals surface area contributed by atoms with Gasteiger partial charge in [0.05, 0.1) is 0 Å². The summed E-state index contributed by atoms with van der Waals surface area (Å²) < 4.78 is 13.9. The first-order valence-corrected chi connectivity index (χ1v) is 7.38. The molecule has 0 heterocycles. The molecule has 20 heavy (non-hydrogen) atoms. The Morgan fingerprint density at radius 1 is 1.45 bits per heavy atom. The lowest BCUT2D eigenvalue weighted by Crippen LogP contribution is -2.43. The fourth-order valence-electron chi connectivity index (χ4n) is 3.30. The Hall–Kier alpha value is -1.38. The quantitative estimate of drug-likeness (QED) is 0.881. The minimum Gasteiger partial charge on any atom is -0.351 e. The summed E-state index contributed by atoms with van der Waals surface area (Å²) in [6, 6.07) is 4.76. The van der Waals surface area contributed by atoms with E-state index >= 15 is 0 Å². The van der Waals surface area contributed by atoms with E-state index in [1.807, 2.05) is 13.8 Å². The highest BCUT2D eigenvalue weighted by atomic mass is 19.1. The van der Waals surface area contributed by atoms with Crippen LogP contribution in [-0.2, 0) is 0 Å². The number of amides is 1. The van der Waals surface area contributed by atoms with Crippen LogP contribution in [0.5, 0.6) is 0 Å². The molecule has 110 valence electrons. The molecule has 1 aliphatic rings. The highest BCUT2D eigenvalue weighted by Crippen LogP contribution is 2.44. The van der Waals surface area contributed by atoms with Gasteiger partial charge in [0.25, 0.3) is 5.91 Å². The van der Waals surface area contributed by atoms with Crippen LogP contribution in [-0.4, -0.2) is 12.5 Å². The first kappa shape index (κ1) is 15.0. The zero-order valence-electron chi connectivity index (χ0n) is 12.8. The molecule has 0 aromatic heterocycles. The number of hydrogen-bond acceptors (Lipinski definition) is 1. The molecule has 0 aliphatic heterocycles. The number of carbonyl (C=O) groups excluding carboxylic acids is 1. The van der Waals surface area contributed by atoms with Gasteiger partial charge in [-0.1, -0.05) is 33.8 Å². The van der Waals surface area contributed by atoms with Crippen molar-refractivity contribution in [1.82, 2.24) is 5.32 Å². The smallest absolute Gasteiger partial charge is 0.251 e. The molecule has 3 heteroatoms. The molecule has 1 amide bonds. The van der Waals surface area contributed by atoms with E-state index in [0.29, 0.717) is 17.7 Å². The van der Waals surface area contributed by atoms with Crippen molar-refractivity contribution in [2.75, 3.05) is 6.54 Å². The Bertz CT molecular complexity index is 504. The van der Waals surface area contributed by atoms with Gasteiger partial charge < -0.3 is 5.32 Å². The van der Waals surface area contributed by atoms with Gasteiger partial charge in [0.2, 0.25) is 0 Å². The summed E-state index contributed by atoms with van der Waals surface area (Å²) in [6.45, 7) is 8.97. The van der Waals surface area contributed by atoms with Crippen LogP contribution in [0.1, 0.15) is 62.4 Å². The van der Waals surface area contributed by atoms with E-state index in [2.05, 4.69) is 19.2 Å². The second kappa shape index (κ2) is 5.55. The van der Waals surface area contributed by atoms with Gasteiger partial charge >= 0.3 is 0 Å². The minimum atomic E-state index is -0.295. The predicted octanol–water partition coefficient (Wildman–Crippen LogP) is 4.12. The van der Waals surface area contributed by atoms with Gasteiger partial charge in [-0.3, -0.25) is 4.79 Å². The van der Waals surface area contributed by atoms with Crippen LogP contribution in [0.2, 0.25) is 0 Å². The molecule has 2 rings (SSSR count). The van der Waals surface area contributed by atoms with Gasteiger partial charge in [0.15, 0.2) is 0 Å². The Labute approximate surface area is 120 Å². The molecule has 0 bridgehead atoms. The van der Waals surface area contributed by atoms with Crippen molar-refractivity contribution in [3.05, 3.63) is 35.1 Å². The maximum atomic E-state index is 13.9. The molecule has 0 spiro atoms. The summed E-state index contributed by atoms with van der Waals surface area (Å²) in [5.74, 6) is 0.401. The minimum absolute atomic E-state index is 0.127. The standard InChI is InChI=1S/C17H24FNO/c1-11(2)14-6-5-13(7-15(14)18)16(20)19-10-17(4)8-12(3)9-17/h5-7,11-12H,8-10H2,1-4H3,(H,19,20). The van der Waals surface area contributed by atoms with Crippen molar-refractivity contribution >= 4 is 5.91 Å². The number of nitrogens with one attached hydrogen (secondary N) is 1. The Balaban J connectivity index is 1.98. The number of halogens is 1. The molecule has 1 aromatic rings. The molecule has 1 aromatic carbocycles. The summed E-state index contributed by atoms with van der Waals surface area (Å²) in [7, 11) is 0. The molecule has 0 atom stereocenters. The van der Waals surface area contributed by atoms with Crippen LogP contribution in [0.25, 0.3) is 0 Å². The summed E-state index contributed by atoms with van der Waals surface area (Å²) in [5.41, 5.74) is 1.27. The van der Waals surface area contributed by atoms with Gasteiger partial charge in [-0.25, -0.2) is 4.39 Å². The fraction of sp³-hybridized carbons (Fsp3) is 0.588. The van der Waals surface area contributed by atoms with Crippen LogP contribution in [0.3, 0.4) is 0 Å². The summed E-state index contributed by atoms with van der Waals surface area (Å²) in [5, 5.41) is 2.93. The maximum absolute atomic E-state index is 13.9. The first-order chi connectivity index (χ1) is 9.31. The molecular formula is C17H24FNO. The van der Waals surface area contributed by atoms with Crippen LogP contribution in [0.15, 0.2) is 18.2 Å². The third-order valence-corrected chi connectivity index (χ3v) is 4.24. The Morgan fingerprint density at radius 3 is 2.60 bits per heavy atom. The molecule has 1 aliphatic carbocycles. The average Bonchev–Trinajstić information content (AvgIpc) is 2.33. The number of hydrogen-bond donors (Lipinski definition) is 1. The third-order valence-electron chi connectivity index (χ3n) is 4.24. The molecule has 1 saturated carbocycles. The normalized spacial score (nSPS) is 25.4. The average molecular weight is 277 g/mol. The molecule has 1 N–H and O–H groups in total. The van der Waals surface area contributed by atoms with Crippen molar-refractivity contribution in [3.63, 3.8) is 0 Å². The summed E-state index contributed by atoms with van der Waals surface area (Å²) >= 11 is 0. The van der Waals surface area contributed by atoms with Crippen molar-refractivity contribution < 1.29 is 9.18 Å². The van der Waals surface area contributed by atoms with Crippen LogP contribution < -0.4 is 5.32 Å². The van der Waals surface area contributed by atoms with E-state index < -0.39 is 0 Å². The van der Waals surface area contributed by atoms with E-state index in [0.717, 1.165) is 18.8 Å². The molecule has 0 unspecified atom stereocenters. The van der Waals surface area contributed by atoms with Crippen LogP contribution in [0.4, 0.5) is 4.39 Å². The maximum Gasteiger partial charge on any atom is 0.251 e. The van der Waals surface area contributed by atoms with Crippen LogP contribution >= 0.6 is 0 Å². The van der Waals surface area contributed by atoms with E-state index in [4.69, 9.17) is 0 Å². The molecule has 2 nitrogen and oxygen atoms in total. The second-order valence-electron chi connectivity index (χ2n) is 6.90. The highest BCUT2D eigenvalue weighted by Gasteiger charge is 2.37. The predicted molar refractivity (Wildman–Crippen MR) is 79.3 cm³/mol. The largest absolute Gasteiger partial charge is 0.351 e. The van der Waals surface area contributed by atoms with Crippen molar-refractivity contribution in [2.45, 2.75) is 46.5 Å².